The number of carbonyl (C=O) groups excluding carboxylic acids is 2. The highest BCUT2D eigenvalue weighted by molar-refractivity contribution is 5.85. The van der Waals surface area contributed by atoms with Gasteiger partial charge in [0.1, 0.15) is 18.8 Å². The fraction of sp³-hybridized carbons (Fsp3) is 0.364. The zero-order chi connectivity index (χ0) is 19.1. The minimum Gasteiger partial charge on any atom is -0.459 e. The number of piperidine rings is 1. The zero-order valence-corrected chi connectivity index (χ0v) is 15.6. The van der Waals surface area contributed by atoms with Gasteiger partial charge in [-0.2, -0.15) is 0 Å². The maximum absolute atomic E-state index is 12.8. The molecule has 1 saturated heterocycles. The van der Waals surface area contributed by atoms with Crippen molar-refractivity contribution in [3.8, 4) is 0 Å². The lowest BCUT2D eigenvalue weighted by atomic mass is 9.89. The average Bonchev–Trinajstić information content (AvgIpc) is 2.72. The van der Waals surface area contributed by atoms with E-state index in [-0.39, 0.29) is 19.2 Å². The molecule has 2 aromatic carbocycles. The molecule has 1 fully saturated rings. The van der Waals surface area contributed by atoms with Crippen LogP contribution in [0.15, 0.2) is 60.7 Å². The Kier molecular flexibility index (Phi) is 6.12. The molecular formula is C22H25NO4. The van der Waals surface area contributed by atoms with Crippen LogP contribution < -0.4 is 0 Å². The predicted octanol–water partition coefficient (Wildman–Crippen LogP) is 4.31. The first-order valence-electron chi connectivity index (χ1n) is 9.29. The van der Waals surface area contributed by atoms with Crippen LogP contribution in [0.25, 0.3) is 0 Å². The van der Waals surface area contributed by atoms with Gasteiger partial charge in [0.25, 0.3) is 0 Å². The number of rotatable bonds is 5. The van der Waals surface area contributed by atoms with E-state index in [0.717, 1.165) is 24.0 Å². The van der Waals surface area contributed by atoms with E-state index in [0.29, 0.717) is 13.0 Å². The summed E-state index contributed by atoms with van der Waals surface area (Å²) < 4.78 is 11.0. The van der Waals surface area contributed by atoms with Crippen LogP contribution in [0.4, 0.5) is 4.79 Å². The van der Waals surface area contributed by atoms with Crippen LogP contribution in [0.1, 0.15) is 37.3 Å². The molecule has 27 heavy (non-hydrogen) atoms. The van der Waals surface area contributed by atoms with E-state index >= 15 is 0 Å². The van der Waals surface area contributed by atoms with Crippen molar-refractivity contribution in [1.29, 1.82) is 0 Å². The Hall–Kier alpha value is -2.82. The summed E-state index contributed by atoms with van der Waals surface area (Å²) in [6, 6.07) is 19.0. The Morgan fingerprint density at radius 3 is 2.04 bits per heavy atom. The summed E-state index contributed by atoms with van der Waals surface area (Å²) in [4.78, 5) is 27.0. The summed E-state index contributed by atoms with van der Waals surface area (Å²) in [6.07, 6.45) is 1.82. The summed E-state index contributed by atoms with van der Waals surface area (Å²) in [5.41, 5.74) is 0.834. The standard InChI is InChI=1S/C22H25NO4/c1-22(20(24)26-16-18-10-4-2-5-11-18)14-8-9-15-23(22)21(25)27-17-19-12-6-3-7-13-19/h2-7,10-13H,8-9,14-17H2,1H3. The van der Waals surface area contributed by atoms with E-state index in [4.69, 9.17) is 9.47 Å². The molecule has 5 nitrogen and oxygen atoms in total. The Bertz CT molecular complexity index is 762. The molecule has 2 aromatic rings. The smallest absolute Gasteiger partial charge is 0.411 e. The van der Waals surface area contributed by atoms with E-state index < -0.39 is 11.6 Å². The molecule has 0 spiro atoms. The molecule has 0 saturated carbocycles. The Morgan fingerprint density at radius 1 is 0.889 bits per heavy atom. The molecule has 1 heterocycles. The lowest BCUT2D eigenvalue weighted by molar-refractivity contribution is -0.160. The van der Waals surface area contributed by atoms with Gasteiger partial charge in [-0.3, -0.25) is 4.90 Å². The van der Waals surface area contributed by atoms with E-state index in [9.17, 15) is 9.59 Å². The number of carbonyl (C=O) groups is 2. The molecule has 1 atom stereocenters. The molecule has 0 N–H and O–H groups in total. The van der Waals surface area contributed by atoms with Gasteiger partial charge >= 0.3 is 12.1 Å². The van der Waals surface area contributed by atoms with Gasteiger partial charge in [-0.25, -0.2) is 9.59 Å². The SMILES string of the molecule is CC1(C(=O)OCc2ccccc2)CCCCN1C(=O)OCc1ccccc1. The van der Waals surface area contributed by atoms with Crippen LogP contribution in [0.5, 0.6) is 0 Å². The minimum atomic E-state index is -0.999. The highest BCUT2D eigenvalue weighted by Gasteiger charge is 2.46. The monoisotopic (exact) mass is 367 g/mol. The molecule has 1 aliphatic heterocycles. The first-order valence-corrected chi connectivity index (χ1v) is 9.29. The molecule has 5 heteroatoms. The number of benzene rings is 2. The first kappa shape index (κ1) is 19.0. The van der Waals surface area contributed by atoms with E-state index in [2.05, 4.69) is 0 Å². The second-order valence-corrected chi connectivity index (χ2v) is 6.98. The Balaban J connectivity index is 1.63. The molecule has 0 aliphatic carbocycles. The van der Waals surface area contributed by atoms with E-state index in [1.807, 2.05) is 60.7 Å². The number of hydrogen-bond donors (Lipinski definition) is 0. The summed E-state index contributed by atoms with van der Waals surface area (Å²) >= 11 is 0. The number of ether oxygens (including phenoxy) is 2. The summed E-state index contributed by atoms with van der Waals surface area (Å²) in [5.74, 6) is -0.386. The summed E-state index contributed by atoms with van der Waals surface area (Å²) in [5, 5.41) is 0. The summed E-state index contributed by atoms with van der Waals surface area (Å²) in [6.45, 7) is 2.64. The number of amides is 1. The van der Waals surface area contributed by atoms with Gasteiger partial charge in [0.2, 0.25) is 0 Å². The third-order valence-corrected chi connectivity index (χ3v) is 4.97. The highest BCUT2D eigenvalue weighted by Crippen LogP contribution is 2.30. The minimum absolute atomic E-state index is 0.186. The van der Waals surface area contributed by atoms with Crippen LogP contribution in [0.3, 0.4) is 0 Å². The van der Waals surface area contributed by atoms with Gasteiger partial charge in [-0.05, 0) is 37.3 Å². The van der Waals surface area contributed by atoms with Gasteiger partial charge in [-0.15, -0.1) is 0 Å². The second kappa shape index (κ2) is 8.71. The van der Waals surface area contributed by atoms with Crippen molar-refractivity contribution in [2.24, 2.45) is 0 Å². The van der Waals surface area contributed by atoms with Crippen molar-refractivity contribution in [3.63, 3.8) is 0 Å². The second-order valence-electron chi connectivity index (χ2n) is 6.98. The quantitative estimate of drug-likeness (QED) is 0.739. The molecule has 0 bridgehead atoms. The molecule has 1 unspecified atom stereocenters. The average molecular weight is 367 g/mol. The largest absolute Gasteiger partial charge is 0.459 e. The molecule has 0 radical (unpaired) electrons. The van der Waals surface area contributed by atoms with E-state index in [1.54, 1.807) is 6.92 Å². The third-order valence-electron chi connectivity index (χ3n) is 4.97. The maximum atomic E-state index is 12.8. The number of nitrogens with zero attached hydrogens (tertiary/aromatic N) is 1. The van der Waals surface area contributed by atoms with Crippen molar-refractivity contribution >= 4 is 12.1 Å². The molecular weight excluding hydrogens is 342 g/mol. The van der Waals surface area contributed by atoms with E-state index in [1.165, 1.54) is 4.90 Å². The van der Waals surface area contributed by atoms with Crippen LogP contribution in [0, 0.1) is 0 Å². The van der Waals surface area contributed by atoms with Crippen LogP contribution in [0.2, 0.25) is 0 Å². The fourth-order valence-corrected chi connectivity index (χ4v) is 3.30. The van der Waals surface area contributed by atoms with Crippen LogP contribution >= 0.6 is 0 Å². The predicted molar refractivity (Wildman–Crippen MR) is 102 cm³/mol. The van der Waals surface area contributed by atoms with Crippen molar-refractivity contribution in [1.82, 2.24) is 4.90 Å². The van der Waals surface area contributed by atoms with Crippen LogP contribution in [-0.2, 0) is 27.5 Å². The topological polar surface area (TPSA) is 55.8 Å². The summed E-state index contributed by atoms with van der Waals surface area (Å²) in [7, 11) is 0. The molecule has 1 amide bonds. The van der Waals surface area contributed by atoms with Crippen molar-refractivity contribution in [3.05, 3.63) is 71.8 Å². The van der Waals surface area contributed by atoms with Gasteiger partial charge < -0.3 is 9.47 Å². The Morgan fingerprint density at radius 2 is 1.44 bits per heavy atom. The maximum Gasteiger partial charge on any atom is 0.411 e. The number of hydrogen-bond acceptors (Lipinski definition) is 4. The third kappa shape index (κ3) is 4.67. The molecule has 0 aromatic heterocycles. The van der Waals surface area contributed by atoms with Gasteiger partial charge in [-0.1, -0.05) is 60.7 Å². The number of likely N-dealkylation sites (tertiary alicyclic amines) is 1. The van der Waals surface area contributed by atoms with Gasteiger partial charge in [0, 0.05) is 6.54 Å². The lowest BCUT2D eigenvalue weighted by Crippen LogP contribution is -2.58. The van der Waals surface area contributed by atoms with Gasteiger partial charge in [0.05, 0.1) is 0 Å². The molecule has 142 valence electrons. The highest BCUT2D eigenvalue weighted by atomic mass is 16.6. The van der Waals surface area contributed by atoms with Crippen molar-refractivity contribution in [2.45, 2.75) is 44.9 Å². The van der Waals surface area contributed by atoms with Crippen LogP contribution in [-0.4, -0.2) is 29.0 Å². The molecule has 1 aliphatic rings. The normalized spacial score (nSPS) is 19.4. The lowest BCUT2D eigenvalue weighted by Gasteiger charge is -2.41. The van der Waals surface area contributed by atoms with Crippen molar-refractivity contribution < 1.29 is 19.1 Å². The Labute approximate surface area is 159 Å². The fourth-order valence-electron chi connectivity index (χ4n) is 3.30. The first-order chi connectivity index (χ1) is 13.1. The zero-order valence-electron chi connectivity index (χ0n) is 15.6. The molecule has 3 rings (SSSR count). The van der Waals surface area contributed by atoms with Gasteiger partial charge in [0.15, 0.2) is 0 Å². The van der Waals surface area contributed by atoms with Crippen molar-refractivity contribution in [2.75, 3.05) is 6.54 Å². The number of esters is 1.